The van der Waals surface area contributed by atoms with Crippen molar-refractivity contribution in [3.8, 4) is 5.75 Å². The van der Waals surface area contributed by atoms with E-state index in [0.29, 0.717) is 17.9 Å². The Bertz CT molecular complexity index is 1180. The van der Waals surface area contributed by atoms with Gasteiger partial charge in [0.25, 0.3) is 0 Å². The Morgan fingerprint density at radius 1 is 0.900 bits per heavy atom. The van der Waals surface area contributed by atoms with E-state index in [1.54, 1.807) is 0 Å². The summed E-state index contributed by atoms with van der Waals surface area (Å²) in [5, 5.41) is 0.919. The van der Waals surface area contributed by atoms with Crippen LogP contribution < -0.4 is 4.74 Å². The van der Waals surface area contributed by atoms with Gasteiger partial charge in [-0.25, -0.2) is 4.79 Å². The monoisotopic (exact) mass is 397 g/mol. The number of fused-ring (bicyclic) bond motifs is 1. The lowest BCUT2D eigenvalue weighted by Crippen LogP contribution is -2.11. The molecule has 0 N–H and O–H groups in total. The number of carbonyl (C=O) groups excluding carboxylic acids is 1. The summed E-state index contributed by atoms with van der Waals surface area (Å²) in [6.07, 6.45) is 1.91. The molecule has 0 aliphatic heterocycles. The van der Waals surface area contributed by atoms with Gasteiger partial charge in [0.2, 0.25) is 0 Å². The molecule has 3 aromatic carbocycles. The number of hydrogen-bond acceptors (Lipinski definition) is 2. The Kier molecular flexibility index (Phi) is 5.21. The Morgan fingerprint density at radius 3 is 2.27 bits per heavy atom. The minimum Gasteiger partial charge on any atom is -0.423 e. The van der Waals surface area contributed by atoms with Crippen LogP contribution in [0, 0.1) is 6.92 Å². The van der Waals surface area contributed by atoms with Crippen LogP contribution in [0.3, 0.4) is 0 Å². The molecule has 1 aromatic heterocycles. The van der Waals surface area contributed by atoms with E-state index in [-0.39, 0.29) is 11.4 Å². The fourth-order valence-corrected chi connectivity index (χ4v) is 3.80. The Balaban J connectivity index is 1.67. The van der Waals surface area contributed by atoms with E-state index >= 15 is 0 Å². The second kappa shape index (κ2) is 7.83. The maximum atomic E-state index is 13.1. The average molecular weight is 398 g/mol. The zero-order valence-corrected chi connectivity index (χ0v) is 18.0. The highest BCUT2D eigenvalue weighted by atomic mass is 16.5. The van der Waals surface area contributed by atoms with Crippen LogP contribution in [0.5, 0.6) is 5.75 Å². The Hall–Kier alpha value is -3.33. The summed E-state index contributed by atoms with van der Waals surface area (Å²) in [5.41, 5.74) is 5.25. The van der Waals surface area contributed by atoms with Crippen LogP contribution in [0.25, 0.3) is 10.9 Å². The number of benzene rings is 3. The zero-order chi connectivity index (χ0) is 21.3. The molecule has 0 amide bonds. The number of ether oxygens (including phenoxy) is 1. The van der Waals surface area contributed by atoms with E-state index in [2.05, 4.69) is 50.5 Å². The Labute approximate surface area is 177 Å². The van der Waals surface area contributed by atoms with Gasteiger partial charge < -0.3 is 9.30 Å². The van der Waals surface area contributed by atoms with E-state index in [1.165, 1.54) is 11.1 Å². The molecule has 4 aromatic rings. The molecule has 0 radical (unpaired) electrons. The summed E-state index contributed by atoms with van der Waals surface area (Å²) >= 11 is 0. The van der Waals surface area contributed by atoms with Gasteiger partial charge in [0.05, 0.1) is 11.1 Å². The molecule has 3 heteroatoms. The van der Waals surface area contributed by atoms with Crippen molar-refractivity contribution in [2.24, 2.45) is 0 Å². The van der Waals surface area contributed by atoms with Gasteiger partial charge in [0.1, 0.15) is 5.75 Å². The van der Waals surface area contributed by atoms with Crippen LogP contribution in [0.4, 0.5) is 0 Å². The smallest absolute Gasteiger partial charge is 0.345 e. The van der Waals surface area contributed by atoms with Crippen LogP contribution in [-0.2, 0) is 12.0 Å². The second-order valence-corrected chi connectivity index (χ2v) is 8.79. The summed E-state index contributed by atoms with van der Waals surface area (Å²) in [5.74, 6) is 0.227. The maximum Gasteiger partial charge on any atom is 0.345 e. The molecular formula is C27H27NO2. The van der Waals surface area contributed by atoms with Gasteiger partial charge in [-0.1, -0.05) is 81.4 Å². The van der Waals surface area contributed by atoms with Crippen LogP contribution in [0.15, 0.2) is 79.0 Å². The van der Waals surface area contributed by atoms with Crippen molar-refractivity contribution in [2.45, 2.75) is 39.7 Å². The van der Waals surface area contributed by atoms with Crippen molar-refractivity contribution in [3.05, 3.63) is 101 Å². The minimum atomic E-state index is -0.332. The minimum absolute atomic E-state index is 0.0604. The summed E-state index contributed by atoms with van der Waals surface area (Å²) in [6, 6.07) is 24.1. The topological polar surface area (TPSA) is 31.2 Å². The van der Waals surface area contributed by atoms with E-state index in [9.17, 15) is 4.79 Å². The van der Waals surface area contributed by atoms with Gasteiger partial charge in [-0.3, -0.25) is 0 Å². The lowest BCUT2D eigenvalue weighted by Gasteiger charge is -2.18. The number of rotatable bonds is 4. The van der Waals surface area contributed by atoms with Crippen molar-refractivity contribution < 1.29 is 9.53 Å². The van der Waals surface area contributed by atoms with Crippen molar-refractivity contribution in [3.63, 3.8) is 0 Å². The van der Waals surface area contributed by atoms with Crippen LogP contribution in [-0.4, -0.2) is 10.5 Å². The quantitative estimate of drug-likeness (QED) is 0.290. The van der Waals surface area contributed by atoms with Crippen molar-refractivity contribution in [1.29, 1.82) is 0 Å². The zero-order valence-electron chi connectivity index (χ0n) is 18.0. The largest absolute Gasteiger partial charge is 0.423 e. The van der Waals surface area contributed by atoms with Gasteiger partial charge in [0.15, 0.2) is 0 Å². The SMILES string of the molecule is Cc1cccc2c(C(=O)Oc3ccc(C(C)(C)C)cc3)cn(Cc3ccccc3)c12. The molecule has 3 nitrogen and oxygen atoms in total. The summed E-state index contributed by atoms with van der Waals surface area (Å²) in [7, 11) is 0. The van der Waals surface area contributed by atoms with Crippen LogP contribution in [0.2, 0.25) is 0 Å². The molecule has 0 saturated carbocycles. The number of aryl methyl sites for hydroxylation is 1. The molecule has 0 atom stereocenters. The fraction of sp³-hybridized carbons (Fsp3) is 0.222. The molecular weight excluding hydrogens is 370 g/mol. The number of para-hydroxylation sites is 1. The van der Waals surface area contributed by atoms with E-state index < -0.39 is 0 Å². The lowest BCUT2D eigenvalue weighted by atomic mass is 9.87. The highest BCUT2D eigenvalue weighted by Gasteiger charge is 2.19. The van der Waals surface area contributed by atoms with Crippen LogP contribution >= 0.6 is 0 Å². The predicted octanol–water partition coefficient (Wildman–Crippen LogP) is 6.51. The molecule has 0 spiro atoms. The second-order valence-electron chi connectivity index (χ2n) is 8.79. The first-order valence-corrected chi connectivity index (χ1v) is 10.3. The molecule has 30 heavy (non-hydrogen) atoms. The van der Waals surface area contributed by atoms with E-state index in [1.807, 2.05) is 60.8 Å². The van der Waals surface area contributed by atoms with Gasteiger partial charge in [-0.15, -0.1) is 0 Å². The first kappa shape index (κ1) is 20.0. The number of nitrogens with zero attached hydrogens (tertiary/aromatic N) is 1. The summed E-state index contributed by atoms with van der Waals surface area (Å²) < 4.78 is 7.87. The van der Waals surface area contributed by atoms with Crippen molar-refractivity contribution >= 4 is 16.9 Å². The van der Waals surface area contributed by atoms with Crippen molar-refractivity contribution in [1.82, 2.24) is 4.57 Å². The number of hydrogen-bond donors (Lipinski definition) is 0. The first-order valence-electron chi connectivity index (χ1n) is 10.3. The molecule has 0 aliphatic carbocycles. The number of aromatic nitrogens is 1. The molecule has 0 aliphatic rings. The predicted molar refractivity (Wildman–Crippen MR) is 122 cm³/mol. The average Bonchev–Trinajstić information content (AvgIpc) is 3.08. The molecule has 4 rings (SSSR count). The summed E-state index contributed by atoms with van der Waals surface area (Å²) in [6.45, 7) is 9.27. The summed E-state index contributed by atoms with van der Waals surface area (Å²) in [4.78, 5) is 13.1. The normalized spacial score (nSPS) is 11.6. The molecule has 0 fully saturated rings. The van der Waals surface area contributed by atoms with Gasteiger partial charge in [-0.05, 0) is 41.2 Å². The van der Waals surface area contributed by atoms with Crippen LogP contribution in [0.1, 0.15) is 47.8 Å². The number of carbonyl (C=O) groups is 1. The third-order valence-electron chi connectivity index (χ3n) is 5.45. The molecule has 152 valence electrons. The Morgan fingerprint density at radius 2 is 1.60 bits per heavy atom. The highest BCUT2D eigenvalue weighted by Crippen LogP contribution is 2.28. The molecule has 1 heterocycles. The van der Waals surface area contributed by atoms with Crippen molar-refractivity contribution in [2.75, 3.05) is 0 Å². The first-order chi connectivity index (χ1) is 14.3. The number of esters is 1. The molecule has 0 unspecified atom stereocenters. The van der Waals surface area contributed by atoms with Gasteiger partial charge >= 0.3 is 5.97 Å². The van der Waals surface area contributed by atoms with E-state index in [0.717, 1.165) is 16.5 Å². The standard InChI is InChI=1S/C27H27NO2/c1-19-9-8-12-23-24(18-28(25(19)23)17-20-10-6-5-7-11-20)26(29)30-22-15-13-21(14-16-22)27(2,3)4/h5-16,18H,17H2,1-4H3. The lowest BCUT2D eigenvalue weighted by molar-refractivity contribution is 0.0736. The van der Waals surface area contributed by atoms with Gasteiger partial charge in [0, 0.05) is 18.1 Å². The molecule has 0 saturated heterocycles. The highest BCUT2D eigenvalue weighted by molar-refractivity contribution is 6.06. The molecule has 0 bridgehead atoms. The third kappa shape index (κ3) is 4.02. The van der Waals surface area contributed by atoms with E-state index in [4.69, 9.17) is 4.74 Å². The van der Waals surface area contributed by atoms with Gasteiger partial charge in [-0.2, -0.15) is 0 Å². The maximum absolute atomic E-state index is 13.1. The third-order valence-corrected chi connectivity index (χ3v) is 5.45. The fourth-order valence-electron chi connectivity index (χ4n) is 3.80.